The Kier molecular flexibility index (Phi) is 3.99. The molecule has 15 heavy (non-hydrogen) atoms. The zero-order chi connectivity index (χ0) is 11.3. The monoisotopic (exact) mass is 224 g/mol. The molecular weight excluding hydrogens is 216 g/mol. The molecule has 6 heteroatoms. The molecule has 0 atom stereocenters. The Morgan fingerprint density at radius 1 is 1.47 bits per heavy atom. The maximum Gasteiger partial charge on any atom is 0.259 e. The molecule has 1 rings (SSSR count). The van der Waals surface area contributed by atoms with E-state index in [2.05, 4.69) is 10.3 Å². The fourth-order valence-electron chi connectivity index (χ4n) is 0.884. The quantitative estimate of drug-likeness (QED) is 0.463. The summed E-state index contributed by atoms with van der Waals surface area (Å²) in [5.41, 5.74) is 0.214. The molecule has 78 valence electrons. The van der Waals surface area contributed by atoms with Crippen LogP contribution in [0.3, 0.4) is 0 Å². The predicted molar refractivity (Wildman–Crippen MR) is 56.8 cm³/mol. The minimum Gasteiger partial charge on any atom is -0.313 e. The van der Waals surface area contributed by atoms with E-state index in [0.29, 0.717) is 12.2 Å². The summed E-state index contributed by atoms with van der Waals surface area (Å²) >= 11 is 0.854. The Morgan fingerprint density at radius 2 is 2.20 bits per heavy atom. The van der Waals surface area contributed by atoms with Gasteiger partial charge in [-0.3, -0.25) is 14.4 Å². The van der Waals surface area contributed by atoms with Crippen molar-refractivity contribution in [3.05, 3.63) is 23.9 Å². The molecule has 0 radical (unpaired) electrons. The molecule has 0 spiro atoms. The van der Waals surface area contributed by atoms with Gasteiger partial charge in [0, 0.05) is 11.8 Å². The van der Waals surface area contributed by atoms with Crippen molar-refractivity contribution in [1.82, 2.24) is 4.98 Å². The van der Waals surface area contributed by atoms with Gasteiger partial charge >= 0.3 is 0 Å². The highest BCUT2D eigenvalue weighted by Crippen LogP contribution is 2.08. The van der Waals surface area contributed by atoms with Gasteiger partial charge in [-0.25, -0.2) is 4.98 Å². The molecule has 5 nitrogen and oxygen atoms in total. The summed E-state index contributed by atoms with van der Waals surface area (Å²) < 4.78 is 0. The lowest BCUT2D eigenvalue weighted by molar-refractivity contribution is -0.107. The van der Waals surface area contributed by atoms with Gasteiger partial charge in [0.2, 0.25) is 12.2 Å². The summed E-state index contributed by atoms with van der Waals surface area (Å²) in [5, 5.41) is 1.79. The molecular formula is C9H8N2O3S. The summed E-state index contributed by atoms with van der Waals surface area (Å²) in [4.78, 5) is 36.2. The van der Waals surface area contributed by atoms with Crippen LogP contribution in [0, 0.1) is 0 Å². The van der Waals surface area contributed by atoms with Crippen molar-refractivity contribution >= 4 is 34.9 Å². The molecule has 0 aliphatic carbocycles. The topological polar surface area (TPSA) is 76.1 Å². The van der Waals surface area contributed by atoms with E-state index >= 15 is 0 Å². The fourth-order valence-corrected chi connectivity index (χ4v) is 1.19. The van der Waals surface area contributed by atoms with E-state index < -0.39 is 10.9 Å². The summed E-state index contributed by atoms with van der Waals surface area (Å²) in [5.74, 6) is -0.259. The van der Waals surface area contributed by atoms with E-state index in [9.17, 15) is 14.4 Å². The molecule has 1 amide bonds. The number of nitrogens with one attached hydrogen (secondary N) is 1. The standard InChI is InChI=1S/C9H8N2O3S/c1-15-9(14)8(13)6-2-3-7(10-4-6)11-5-12/h2-5H,1H3,(H,10,11,12). The lowest BCUT2D eigenvalue weighted by Gasteiger charge is -1.99. The molecule has 0 aliphatic rings. The highest BCUT2D eigenvalue weighted by atomic mass is 32.2. The van der Waals surface area contributed by atoms with Gasteiger partial charge in [-0.2, -0.15) is 0 Å². The van der Waals surface area contributed by atoms with Crippen LogP contribution < -0.4 is 5.32 Å². The van der Waals surface area contributed by atoms with E-state index in [-0.39, 0.29) is 5.56 Å². The molecule has 0 bridgehead atoms. The minimum atomic E-state index is -0.590. The molecule has 1 heterocycles. The van der Waals surface area contributed by atoms with E-state index in [0.717, 1.165) is 11.8 Å². The number of ketones is 1. The number of pyridine rings is 1. The number of aromatic nitrogens is 1. The van der Waals surface area contributed by atoms with Crippen LogP contribution in [-0.2, 0) is 9.59 Å². The molecule has 1 aromatic heterocycles. The molecule has 0 aliphatic heterocycles. The van der Waals surface area contributed by atoms with Gasteiger partial charge in [-0.1, -0.05) is 11.8 Å². The van der Waals surface area contributed by atoms with Crippen LogP contribution in [0.4, 0.5) is 5.82 Å². The Bertz CT molecular complexity index is 389. The van der Waals surface area contributed by atoms with Gasteiger partial charge in [-0.05, 0) is 18.4 Å². The summed E-state index contributed by atoms with van der Waals surface area (Å²) in [6.45, 7) is 0. The number of hydrogen-bond donors (Lipinski definition) is 1. The SMILES string of the molecule is CSC(=O)C(=O)c1ccc(NC=O)nc1. The van der Waals surface area contributed by atoms with Gasteiger partial charge in [0.1, 0.15) is 5.82 Å². The number of nitrogens with zero attached hydrogens (tertiary/aromatic N) is 1. The average Bonchev–Trinajstić information content (AvgIpc) is 2.28. The average molecular weight is 224 g/mol. The number of rotatable bonds is 4. The van der Waals surface area contributed by atoms with Gasteiger partial charge in [0.05, 0.1) is 0 Å². The van der Waals surface area contributed by atoms with Crippen LogP contribution in [0.15, 0.2) is 18.3 Å². The van der Waals surface area contributed by atoms with E-state index in [1.54, 1.807) is 0 Å². The van der Waals surface area contributed by atoms with Gasteiger partial charge in [-0.15, -0.1) is 0 Å². The first-order valence-electron chi connectivity index (χ1n) is 3.98. The number of hydrogen-bond acceptors (Lipinski definition) is 5. The lowest BCUT2D eigenvalue weighted by Crippen LogP contribution is -2.10. The van der Waals surface area contributed by atoms with Gasteiger partial charge < -0.3 is 5.32 Å². The van der Waals surface area contributed by atoms with Crippen LogP contribution in [0.25, 0.3) is 0 Å². The van der Waals surface area contributed by atoms with Crippen molar-refractivity contribution in [3.8, 4) is 0 Å². The Balaban J connectivity index is 2.84. The van der Waals surface area contributed by atoms with Crippen LogP contribution >= 0.6 is 11.8 Å². The normalized spacial score (nSPS) is 9.40. The molecule has 0 fully saturated rings. The second kappa shape index (κ2) is 5.26. The maximum atomic E-state index is 11.3. The fraction of sp³-hybridized carbons (Fsp3) is 0.111. The van der Waals surface area contributed by atoms with E-state index in [4.69, 9.17) is 0 Å². The van der Waals surface area contributed by atoms with Crippen LogP contribution in [0.2, 0.25) is 0 Å². The van der Waals surface area contributed by atoms with Crippen LogP contribution in [0.5, 0.6) is 0 Å². The zero-order valence-corrected chi connectivity index (χ0v) is 8.71. The van der Waals surface area contributed by atoms with E-state index in [1.165, 1.54) is 24.6 Å². The second-order valence-electron chi connectivity index (χ2n) is 2.52. The summed E-state index contributed by atoms with van der Waals surface area (Å²) in [6.07, 6.45) is 3.27. The Morgan fingerprint density at radius 3 is 2.67 bits per heavy atom. The lowest BCUT2D eigenvalue weighted by atomic mass is 10.2. The van der Waals surface area contributed by atoms with Crippen molar-refractivity contribution in [2.45, 2.75) is 0 Å². The number of anilines is 1. The first-order chi connectivity index (χ1) is 7.19. The molecule has 1 aromatic rings. The third-order valence-electron chi connectivity index (χ3n) is 1.60. The number of amides is 1. The first kappa shape index (κ1) is 11.4. The number of carbonyl (C=O) groups excluding carboxylic acids is 3. The number of Topliss-reactive ketones (excluding diaryl/α,β-unsaturated/α-hetero) is 1. The summed E-state index contributed by atoms with van der Waals surface area (Å²) in [6, 6.07) is 2.89. The van der Waals surface area contributed by atoms with Crippen molar-refractivity contribution in [2.75, 3.05) is 11.6 Å². The predicted octanol–water partition coefficient (Wildman–Crippen LogP) is 0.722. The molecule has 0 saturated heterocycles. The smallest absolute Gasteiger partial charge is 0.259 e. The molecule has 1 N–H and O–H groups in total. The minimum absolute atomic E-state index is 0.214. The van der Waals surface area contributed by atoms with Crippen molar-refractivity contribution in [1.29, 1.82) is 0 Å². The largest absolute Gasteiger partial charge is 0.313 e. The zero-order valence-electron chi connectivity index (χ0n) is 7.89. The molecule has 0 aromatic carbocycles. The third kappa shape index (κ3) is 2.88. The highest BCUT2D eigenvalue weighted by Gasteiger charge is 2.14. The number of thioether (sulfide) groups is 1. The van der Waals surface area contributed by atoms with Crippen molar-refractivity contribution < 1.29 is 14.4 Å². The van der Waals surface area contributed by atoms with Crippen LogP contribution in [-0.4, -0.2) is 28.5 Å². The molecule has 0 unspecified atom stereocenters. The highest BCUT2D eigenvalue weighted by molar-refractivity contribution is 8.14. The van der Waals surface area contributed by atoms with Gasteiger partial charge in [0.25, 0.3) is 5.12 Å². The maximum absolute atomic E-state index is 11.3. The van der Waals surface area contributed by atoms with E-state index in [1.807, 2.05) is 0 Å². The van der Waals surface area contributed by atoms with Crippen molar-refractivity contribution in [3.63, 3.8) is 0 Å². The van der Waals surface area contributed by atoms with Crippen LogP contribution in [0.1, 0.15) is 10.4 Å². The third-order valence-corrected chi connectivity index (χ3v) is 2.16. The first-order valence-corrected chi connectivity index (χ1v) is 5.20. The number of carbonyl (C=O) groups is 3. The van der Waals surface area contributed by atoms with Crippen molar-refractivity contribution in [2.24, 2.45) is 0 Å². The Hall–Kier alpha value is -1.69. The second-order valence-corrected chi connectivity index (χ2v) is 3.29. The Labute approximate surface area is 90.3 Å². The molecule has 0 saturated carbocycles. The van der Waals surface area contributed by atoms with Gasteiger partial charge in [0.15, 0.2) is 0 Å². The summed E-state index contributed by atoms with van der Waals surface area (Å²) in [7, 11) is 0.